The highest BCUT2D eigenvalue weighted by molar-refractivity contribution is 6.28. The molecule has 3 heterocycles. The molecule has 0 aliphatic heterocycles. The van der Waals surface area contributed by atoms with Crippen molar-refractivity contribution in [3.05, 3.63) is 164 Å². The molecule has 11 rings (SSSR count). The van der Waals surface area contributed by atoms with Gasteiger partial charge in [-0.05, 0) is 82.2 Å². The average molecular weight is 638 g/mol. The number of nitrogens with zero attached hydrogens (tertiary/aromatic N) is 3. The van der Waals surface area contributed by atoms with E-state index < -0.39 is 0 Å². The second kappa shape index (κ2) is 10.4. The lowest BCUT2D eigenvalue weighted by atomic mass is 10.00. The number of furan rings is 1. The summed E-state index contributed by atoms with van der Waals surface area (Å²) in [4.78, 5) is 10.3. The lowest BCUT2D eigenvalue weighted by Gasteiger charge is -2.11. The zero-order valence-electron chi connectivity index (χ0n) is 26.8. The summed E-state index contributed by atoms with van der Waals surface area (Å²) >= 11 is 0. The van der Waals surface area contributed by atoms with Crippen molar-refractivity contribution in [1.29, 1.82) is 0 Å². The molecule has 0 aliphatic carbocycles. The monoisotopic (exact) mass is 637 g/mol. The van der Waals surface area contributed by atoms with E-state index in [9.17, 15) is 0 Å². The van der Waals surface area contributed by atoms with Crippen LogP contribution in [0, 0.1) is 0 Å². The Morgan fingerprint density at radius 2 is 1.00 bits per heavy atom. The molecule has 232 valence electrons. The van der Waals surface area contributed by atoms with Gasteiger partial charge in [-0.3, -0.25) is 0 Å². The first-order valence-electron chi connectivity index (χ1n) is 16.9. The van der Waals surface area contributed by atoms with E-state index in [4.69, 9.17) is 14.4 Å². The van der Waals surface area contributed by atoms with Crippen molar-refractivity contribution in [2.45, 2.75) is 0 Å². The van der Waals surface area contributed by atoms with Crippen LogP contribution in [0.3, 0.4) is 0 Å². The predicted molar refractivity (Wildman–Crippen MR) is 207 cm³/mol. The Hall–Kier alpha value is -6.78. The van der Waals surface area contributed by atoms with Gasteiger partial charge in [0.15, 0.2) is 5.82 Å². The number of fused-ring (bicyclic) bond motifs is 11. The average Bonchev–Trinajstić information content (AvgIpc) is 3.73. The summed E-state index contributed by atoms with van der Waals surface area (Å²) in [5.74, 6) is 0.689. The minimum absolute atomic E-state index is 0.689. The molecular weight excluding hydrogens is 611 g/mol. The Balaban J connectivity index is 1.09. The summed E-state index contributed by atoms with van der Waals surface area (Å²) in [5.41, 5.74) is 8.96. The number of para-hydroxylation sites is 2. The van der Waals surface area contributed by atoms with Gasteiger partial charge in [0.1, 0.15) is 11.2 Å². The Morgan fingerprint density at radius 3 is 1.72 bits per heavy atom. The maximum atomic E-state index is 6.25. The fraction of sp³-hybridized carbons (Fsp3) is 0. The molecule has 0 amide bonds. The number of aromatic nitrogens is 3. The van der Waals surface area contributed by atoms with Crippen molar-refractivity contribution < 1.29 is 4.42 Å². The summed E-state index contributed by atoms with van der Waals surface area (Å²) in [6, 6.07) is 57.8. The third-order valence-electron chi connectivity index (χ3n) is 10.2. The SMILES string of the molecule is c1ccc2c(c1)ccc1c2c2c3ccccc3ccc2n1-c1ccc(-c2nc(-c3ccc4c(c3)oc3ccccc34)c3ccccc3n2)cc1. The van der Waals surface area contributed by atoms with Crippen LogP contribution in [0.1, 0.15) is 0 Å². The summed E-state index contributed by atoms with van der Waals surface area (Å²) in [6.45, 7) is 0. The van der Waals surface area contributed by atoms with Crippen molar-refractivity contribution in [3.8, 4) is 28.3 Å². The largest absolute Gasteiger partial charge is 0.456 e. The van der Waals surface area contributed by atoms with Gasteiger partial charge < -0.3 is 8.98 Å². The molecule has 0 atom stereocenters. The Morgan fingerprint density at radius 1 is 0.420 bits per heavy atom. The number of rotatable bonds is 3. The van der Waals surface area contributed by atoms with E-state index in [-0.39, 0.29) is 0 Å². The first-order chi connectivity index (χ1) is 24.8. The van der Waals surface area contributed by atoms with Gasteiger partial charge in [-0.2, -0.15) is 0 Å². The molecule has 0 aliphatic rings. The highest BCUT2D eigenvalue weighted by Crippen LogP contribution is 2.41. The van der Waals surface area contributed by atoms with Gasteiger partial charge in [-0.15, -0.1) is 0 Å². The van der Waals surface area contributed by atoms with Crippen molar-refractivity contribution in [2.24, 2.45) is 0 Å². The van der Waals surface area contributed by atoms with E-state index in [0.29, 0.717) is 5.82 Å². The molecule has 0 unspecified atom stereocenters. The van der Waals surface area contributed by atoms with Crippen LogP contribution in [0.15, 0.2) is 168 Å². The minimum Gasteiger partial charge on any atom is -0.456 e. The minimum atomic E-state index is 0.689. The second-order valence-corrected chi connectivity index (χ2v) is 13.0. The van der Waals surface area contributed by atoms with E-state index in [1.54, 1.807) is 0 Å². The Labute approximate surface area is 286 Å². The molecule has 11 aromatic rings. The molecule has 0 bridgehead atoms. The van der Waals surface area contributed by atoms with Gasteiger partial charge in [0.2, 0.25) is 0 Å². The van der Waals surface area contributed by atoms with Crippen molar-refractivity contribution in [3.63, 3.8) is 0 Å². The van der Waals surface area contributed by atoms with E-state index in [2.05, 4.69) is 138 Å². The fourth-order valence-corrected chi connectivity index (χ4v) is 7.88. The lowest BCUT2D eigenvalue weighted by molar-refractivity contribution is 0.669. The molecule has 0 N–H and O–H groups in total. The molecule has 0 saturated carbocycles. The van der Waals surface area contributed by atoms with Crippen LogP contribution in [0.25, 0.3) is 105 Å². The fourth-order valence-electron chi connectivity index (χ4n) is 7.88. The number of benzene rings is 8. The van der Waals surface area contributed by atoms with Crippen LogP contribution in [0.5, 0.6) is 0 Å². The molecule has 0 radical (unpaired) electrons. The molecule has 8 aromatic carbocycles. The van der Waals surface area contributed by atoms with Gasteiger partial charge in [0.05, 0.1) is 22.2 Å². The van der Waals surface area contributed by atoms with Gasteiger partial charge in [0.25, 0.3) is 0 Å². The zero-order chi connectivity index (χ0) is 32.8. The van der Waals surface area contributed by atoms with Crippen LogP contribution < -0.4 is 0 Å². The van der Waals surface area contributed by atoms with Crippen molar-refractivity contribution in [1.82, 2.24) is 14.5 Å². The van der Waals surface area contributed by atoms with E-state index in [1.807, 2.05) is 30.3 Å². The Kier molecular flexibility index (Phi) is 5.63. The van der Waals surface area contributed by atoms with Crippen LogP contribution in [-0.2, 0) is 0 Å². The smallest absolute Gasteiger partial charge is 0.160 e. The first-order valence-corrected chi connectivity index (χ1v) is 16.9. The first kappa shape index (κ1) is 27.2. The zero-order valence-corrected chi connectivity index (χ0v) is 26.8. The van der Waals surface area contributed by atoms with Crippen LogP contribution in [0.2, 0.25) is 0 Å². The summed E-state index contributed by atoms with van der Waals surface area (Å²) in [6.07, 6.45) is 0. The Bertz CT molecular complexity index is 3060. The maximum absolute atomic E-state index is 6.25. The third kappa shape index (κ3) is 3.93. The van der Waals surface area contributed by atoms with Crippen molar-refractivity contribution >= 4 is 76.2 Å². The third-order valence-corrected chi connectivity index (χ3v) is 10.2. The lowest BCUT2D eigenvalue weighted by Crippen LogP contribution is -1.97. The summed E-state index contributed by atoms with van der Waals surface area (Å²) in [7, 11) is 0. The van der Waals surface area contributed by atoms with Crippen LogP contribution in [0.4, 0.5) is 0 Å². The topological polar surface area (TPSA) is 43.9 Å². The maximum Gasteiger partial charge on any atom is 0.160 e. The van der Waals surface area contributed by atoms with Gasteiger partial charge >= 0.3 is 0 Å². The van der Waals surface area contributed by atoms with Crippen LogP contribution >= 0.6 is 0 Å². The number of hydrogen-bond donors (Lipinski definition) is 0. The van der Waals surface area contributed by atoms with Gasteiger partial charge in [-0.1, -0.05) is 103 Å². The standard InChI is InChI=1S/C46H27N3O/c1-3-11-33-28(9-1)20-25-39-43(33)44-34-12-4-2-10-29(34)21-26-40(44)49(39)32-22-17-30(18-23-32)46-47-38-15-7-5-14-37(38)45(48-46)31-19-24-36-35-13-6-8-16-41(35)50-42(36)27-31/h1-27H. The normalized spacial score (nSPS) is 12.0. The van der Waals surface area contributed by atoms with E-state index >= 15 is 0 Å². The number of hydrogen-bond acceptors (Lipinski definition) is 3. The second-order valence-electron chi connectivity index (χ2n) is 13.0. The van der Waals surface area contributed by atoms with E-state index in [0.717, 1.165) is 55.3 Å². The highest BCUT2D eigenvalue weighted by Gasteiger charge is 2.18. The summed E-state index contributed by atoms with van der Waals surface area (Å²) < 4.78 is 8.64. The molecule has 0 saturated heterocycles. The molecule has 0 spiro atoms. The summed E-state index contributed by atoms with van der Waals surface area (Å²) in [5, 5.41) is 10.8. The molecule has 50 heavy (non-hydrogen) atoms. The molecule has 4 nitrogen and oxygen atoms in total. The molecule has 3 aromatic heterocycles. The molecule has 4 heteroatoms. The molecular formula is C46H27N3O. The van der Waals surface area contributed by atoms with Crippen molar-refractivity contribution in [2.75, 3.05) is 0 Å². The predicted octanol–water partition coefficient (Wildman–Crippen LogP) is 12.3. The molecule has 0 fully saturated rings. The highest BCUT2D eigenvalue weighted by atomic mass is 16.3. The quantitative estimate of drug-likeness (QED) is 0.194. The van der Waals surface area contributed by atoms with Crippen LogP contribution in [-0.4, -0.2) is 14.5 Å². The van der Waals surface area contributed by atoms with Gasteiger partial charge in [0, 0.05) is 43.7 Å². The van der Waals surface area contributed by atoms with Gasteiger partial charge in [-0.25, -0.2) is 9.97 Å². The van der Waals surface area contributed by atoms with E-state index in [1.165, 1.54) is 43.4 Å².